The first-order valence-electron chi connectivity index (χ1n) is 6.83. The number of quaternary nitrogens is 1. The van der Waals surface area contributed by atoms with Crippen molar-refractivity contribution in [3.05, 3.63) is 28.6 Å². The number of halogens is 1. The first kappa shape index (κ1) is 19.2. The minimum Gasteiger partial charge on any atom is -0.776 e. The van der Waals surface area contributed by atoms with Gasteiger partial charge in [0, 0.05) is 5.41 Å². The van der Waals surface area contributed by atoms with Crippen LogP contribution in [0.3, 0.4) is 0 Å². The lowest BCUT2D eigenvalue weighted by Gasteiger charge is -2.23. The molecule has 0 saturated carbocycles. The van der Waals surface area contributed by atoms with Gasteiger partial charge in [0.05, 0.1) is 12.9 Å². The molecule has 3 heterocycles. The molecule has 8 N–H and O–H groups in total. The number of ether oxygens (including phenoxy) is 1. The molecule has 2 aromatic rings. The molecule has 0 radical (unpaired) electrons. The average Bonchev–Trinajstić information content (AvgIpc) is 3.00. The lowest BCUT2D eigenvalue weighted by atomic mass is 9.87. The third kappa shape index (κ3) is 3.48. The summed E-state index contributed by atoms with van der Waals surface area (Å²) >= 11 is 0. The number of nitrogens with one attached hydrogen (secondary N) is 1. The second kappa shape index (κ2) is 6.32. The summed E-state index contributed by atoms with van der Waals surface area (Å²) in [5.41, 5.74) is 3.65. The van der Waals surface area contributed by atoms with E-state index in [0.29, 0.717) is 5.82 Å². The number of nitrogens with zero attached hydrogens (tertiary/aromatic N) is 3. The highest BCUT2D eigenvalue weighted by Gasteiger charge is 2.47. The molecule has 0 spiro atoms. The zero-order valence-corrected chi connectivity index (χ0v) is 14.3. The van der Waals surface area contributed by atoms with E-state index in [4.69, 9.17) is 15.4 Å². The zero-order chi connectivity index (χ0) is 17.7. The molecule has 11 nitrogen and oxygen atoms in total. The third-order valence-corrected chi connectivity index (χ3v) is 4.34. The van der Waals surface area contributed by atoms with Gasteiger partial charge < -0.3 is 31.0 Å². The molecule has 25 heavy (non-hydrogen) atoms. The van der Waals surface area contributed by atoms with E-state index < -0.39 is 31.0 Å². The molecule has 1 saturated heterocycles. The van der Waals surface area contributed by atoms with Crippen molar-refractivity contribution >= 4 is 24.7 Å². The second-order valence-electron chi connectivity index (χ2n) is 5.76. The number of anilines is 1. The van der Waals surface area contributed by atoms with Crippen molar-refractivity contribution in [2.24, 2.45) is 5.41 Å². The lowest BCUT2D eigenvalue weighted by molar-refractivity contribution is -0.189. The molecule has 138 valence electrons. The third-order valence-electron chi connectivity index (χ3n) is 3.81. The number of imidazole rings is 1. The van der Waals surface area contributed by atoms with Gasteiger partial charge >= 0.3 is 0 Å². The second-order valence-corrected chi connectivity index (χ2v) is 7.19. The van der Waals surface area contributed by atoms with Crippen molar-refractivity contribution in [3.8, 4) is 0 Å². The van der Waals surface area contributed by atoms with Crippen molar-refractivity contribution in [1.29, 1.82) is 0 Å². The Hall–Kier alpha value is -2.11. The van der Waals surface area contributed by atoms with Crippen LogP contribution in [-0.2, 0) is 9.30 Å². The predicted molar refractivity (Wildman–Crippen MR) is 85.5 cm³/mol. The maximum atomic E-state index is 14.9. The maximum Gasteiger partial charge on any atom is 0.280 e. The summed E-state index contributed by atoms with van der Waals surface area (Å²) in [6, 6.07) is 0. The Morgan fingerprint density at radius 2 is 2.36 bits per heavy atom. The van der Waals surface area contributed by atoms with Crippen LogP contribution in [0.5, 0.6) is 0 Å². The number of fused-ring (bicyclic) bond motifs is 1. The van der Waals surface area contributed by atoms with E-state index in [1.807, 2.05) is 0 Å². The Morgan fingerprint density at radius 3 is 3.00 bits per heavy atom. The number of hydrogen-bond donors (Lipinski definition) is 4. The smallest absolute Gasteiger partial charge is 0.280 e. The SMILES string of the molecule is C[C@]1(/C=C/P(=O)([O-])O)CO[C@@H](n2cnc3c(=O)[nH]c(N)nc32)[C@@H]1F.[NH4+]. The fourth-order valence-corrected chi connectivity index (χ4v) is 3.04. The van der Waals surface area contributed by atoms with E-state index in [-0.39, 0.29) is 29.9 Å². The zero-order valence-electron chi connectivity index (χ0n) is 13.4. The average molecular weight is 376 g/mol. The number of hydrogen-bond acceptors (Lipinski definition) is 7. The number of aromatic amines is 1. The van der Waals surface area contributed by atoms with Crippen LogP contribution in [0.4, 0.5) is 10.3 Å². The van der Waals surface area contributed by atoms with Crippen LogP contribution in [-0.4, -0.2) is 37.2 Å². The van der Waals surface area contributed by atoms with Gasteiger partial charge in [-0.1, -0.05) is 13.0 Å². The van der Waals surface area contributed by atoms with Crippen LogP contribution in [0.2, 0.25) is 0 Å². The number of nitrogen functional groups attached to an aromatic ring is 1. The molecule has 1 fully saturated rings. The Bertz CT molecular complexity index is 922. The van der Waals surface area contributed by atoms with Crippen molar-refractivity contribution < 1.29 is 23.5 Å². The molecule has 3 rings (SSSR count). The van der Waals surface area contributed by atoms with Gasteiger partial charge in [0.25, 0.3) is 5.56 Å². The standard InChI is InChI=1S/C12H15FN5O5P.H3N/c1-12(2-3-24(20,21)22)4-23-10(7(12)13)18-5-15-6-8(18)16-11(14)17-9(6)19;/h2-3,5,7,10H,4H2,1H3,(H2,20,21,22)(H3,14,16,17,19);1H3/b3-2+;/t7-,10+,12-;/m0./s1. The molecule has 0 bridgehead atoms. The molecule has 0 aliphatic carbocycles. The summed E-state index contributed by atoms with van der Waals surface area (Å²) < 4.78 is 32.3. The number of nitrogens with two attached hydrogens (primary N) is 1. The van der Waals surface area contributed by atoms with Crippen LogP contribution in [0, 0.1) is 5.41 Å². The summed E-state index contributed by atoms with van der Waals surface area (Å²) in [5.74, 6) is 0.385. The van der Waals surface area contributed by atoms with Gasteiger partial charge in [-0.3, -0.25) is 14.3 Å². The number of rotatable bonds is 3. The normalized spacial score (nSPS) is 29.0. The summed E-state index contributed by atoms with van der Waals surface area (Å²) in [7, 11) is -4.67. The van der Waals surface area contributed by atoms with Gasteiger partial charge in [-0.15, -0.1) is 0 Å². The van der Waals surface area contributed by atoms with E-state index in [1.165, 1.54) is 17.8 Å². The largest absolute Gasteiger partial charge is 0.776 e. The van der Waals surface area contributed by atoms with E-state index in [2.05, 4.69) is 15.0 Å². The monoisotopic (exact) mass is 376 g/mol. The van der Waals surface area contributed by atoms with Crippen LogP contribution in [0.15, 0.2) is 23.0 Å². The van der Waals surface area contributed by atoms with E-state index in [0.717, 1.165) is 6.08 Å². The minimum atomic E-state index is -4.67. The van der Waals surface area contributed by atoms with Gasteiger partial charge in [0.1, 0.15) is 0 Å². The molecule has 1 aliphatic rings. The minimum absolute atomic E-state index is 0. The van der Waals surface area contributed by atoms with Gasteiger partial charge in [0.15, 0.2) is 31.2 Å². The topological polar surface area (TPSA) is 196 Å². The molecule has 1 aliphatic heterocycles. The number of aromatic nitrogens is 4. The highest BCUT2D eigenvalue weighted by atomic mass is 31.2. The molecule has 2 aromatic heterocycles. The highest BCUT2D eigenvalue weighted by molar-refractivity contribution is 7.53. The fourth-order valence-electron chi connectivity index (χ4n) is 2.51. The first-order valence-corrected chi connectivity index (χ1v) is 8.47. The molecular formula is C12H18FN6O5P. The van der Waals surface area contributed by atoms with E-state index >= 15 is 0 Å². The quantitative estimate of drug-likeness (QED) is 0.537. The molecule has 0 amide bonds. The Morgan fingerprint density at radius 1 is 1.68 bits per heavy atom. The molecule has 13 heteroatoms. The van der Waals surface area contributed by atoms with E-state index in [1.54, 1.807) is 0 Å². The Balaban J connectivity index is 0.00000225. The summed E-state index contributed by atoms with van der Waals surface area (Å²) in [6.45, 7) is 1.30. The molecule has 0 aromatic carbocycles. The summed E-state index contributed by atoms with van der Waals surface area (Å²) in [4.78, 5) is 41.5. The van der Waals surface area contributed by atoms with Gasteiger partial charge in [-0.05, 0) is 5.82 Å². The summed E-state index contributed by atoms with van der Waals surface area (Å²) in [6.07, 6.45) is -0.619. The van der Waals surface area contributed by atoms with Gasteiger partial charge in [-0.25, -0.2) is 9.37 Å². The van der Waals surface area contributed by atoms with Crippen molar-refractivity contribution in [2.45, 2.75) is 19.3 Å². The number of H-pyrrole nitrogens is 1. The first-order chi connectivity index (χ1) is 11.1. The van der Waals surface area contributed by atoms with Crippen molar-refractivity contribution in [2.75, 3.05) is 12.3 Å². The van der Waals surface area contributed by atoms with Crippen LogP contribution < -0.4 is 22.3 Å². The molecular weight excluding hydrogens is 358 g/mol. The Labute approximate surface area is 140 Å². The highest BCUT2D eigenvalue weighted by Crippen LogP contribution is 2.44. The Kier molecular flexibility index (Phi) is 4.86. The van der Waals surface area contributed by atoms with Crippen LogP contribution >= 0.6 is 7.60 Å². The maximum absolute atomic E-state index is 14.9. The van der Waals surface area contributed by atoms with Crippen molar-refractivity contribution in [3.63, 3.8) is 0 Å². The lowest BCUT2D eigenvalue weighted by Crippen LogP contribution is -2.28. The van der Waals surface area contributed by atoms with Crippen molar-refractivity contribution in [1.82, 2.24) is 25.7 Å². The van der Waals surface area contributed by atoms with Crippen LogP contribution in [0.25, 0.3) is 11.2 Å². The predicted octanol–water partition coefficient (Wildman–Crippen LogP) is 0.0106. The molecule has 4 atom stereocenters. The van der Waals surface area contributed by atoms with Gasteiger partial charge in [-0.2, -0.15) is 4.98 Å². The van der Waals surface area contributed by atoms with Gasteiger partial charge in [0.2, 0.25) is 5.95 Å². The van der Waals surface area contributed by atoms with E-state index in [9.17, 15) is 18.6 Å². The fraction of sp³-hybridized carbons (Fsp3) is 0.417. The number of alkyl halides is 1. The summed E-state index contributed by atoms with van der Waals surface area (Å²) in [5, 5.41) is 0. The van der Waals surface area contributed by atoms with Crippen LogP contribution in [0.1, 0.15) is 13.2 Å². The molecule has 1 unspecified atom stereocenters.